The number of benzene rings is 3. The Kier molecular flexibility index (Phi) is 7.66. The number of hydrogen-bond acceptors (Lipinski definition) is 9. The molecule has 41 heavy (non-hydrogen) atoms. The summed E-state index contributed by atoms with van der Waals surface area (Å²) in [5.41, 5.74) is 2.82. The number of aromatic nitrogens is 3. The van der Waals surface area contributed by atoms with Gasteiger partial charge >= 0.3 is 0 Å². The van der Waals surface area contributed by atoms with Crippen LogP contribution in [-0.4, -0.2) is 43.5 Å². The molecule has 0 spiro atoms. The van der Waals surface area contributed by atoms with E-state index in [4.69, 9.17) is 9.47 Å². The number of hydrogen-bond donors (Lipinski definition) is 3. The highest BCUT2D eigenvalue weighted by molar-refractivity contribution is 7.92. The molecule has 12 heteroatoms. The number of sulfonamides is 1. The van der Waals surface area contributed by atoms with E-state index in [2.05, 4.69) is 30.3 Å². The predicted octanol–water partition coefficient (Wildman–Crippen LogP) is 5.15. The summed E-state index contributed by atoms with van der Waals surface area (Å²) in [6.45, 7) is 1.77. The van der Waals surface area contributed by atoms with Crippen LogP contribution in [0.4, 0.5) is 23.0 Å². The van der Waals surface area contributed by atoms with Gasteiger partial charge in [-0.25, -0.2) is 18.4 Å². The molecule has 5 rings (SSSR count). The number of rotatable bonds is 9. The Morgan fingerprint density at radius 2 is 1.46 bits per heavy atom. The molecule has 2 heterocycles. The Balaban J connectivity index is 1.48. The van der Waals surface area contributed by atoms with Crippen LogP contribution in [0, 0.1) is 6.92 Å². The van der Waals surface area contributed by atoms with Crippen LogP contribution < -0.4 is 24.8 Å². The minimum atomic E-state index is -4.16. The van der Waals surface area contributed by atoms with Crippen LogP contribution in [0.25, 0.3) is 11.0 Å². The van der Waals surface area contributed by atoms with Crippen molar-refractivity contribution in [1.82, 2.24) is 15.0 Å². The molecule has 1 amide bonds. The van der Waals surface area contributed by atoms with E-state index < -0.39 is 15.9 Å². The summed E-state index contributed by atoms with van der Waals surface area (Å²) >= 11 is 0. The van der Waals surface area contributed by atoms with Gasteiger partial charge in [-0.05, 0) is 48.9 Å². The van der Waals surface area contributed by atoms with E-state index in [1.807, 2.05) is 6.07 Å². The second-order valence-electron chi connectivity index (χ2n) is 8.89. The van der Waals surface area contributed by atoms with Crippen LogP contribution in [0.2, 0.25) is 0 Å². The van der Waals surface area contributed by atoms with Crippen molar-refractivity contribution in [3.05, 3.63) is 96.3 Å². The molecule has 0 aliphatic carbocycles. The standard InChI is InChI=1S/C29H26N6O5S/c1-18-8-7-13-30-26(18)29(36)32-19-9-6-10-23(16-19)41(37,38)35-28-27(33-24-11-4-5-12-25(24)34-28)31-20-14-21(39-2)17-22(15-20)40-3/h4-17H,1-3H3,(H,31,33)(H,32,36)(H,34,35). The van der Waals surface area contributed by atoms with E-state index >= 15 is 0 Å². The van der Waals surface area contributed by atoms with Crippen LogP contribution in [0.1, 0.15) is 16.1 Å². The lowest BCUT2D eigenvalue weighted by atomic mass is 10.2. The van der Waals surface area contributed by atoms with Gasteiger partial charge in [0, 0.05) is 35.8 Å². The van der Waals surface area contributed by atoms with Crippen molar-refractivity contribution in [2.45, 2.75) is 11.8 Å². The van der Waals surface area contributed by atoms with E-state index in [9.17, 15) is 13.2 Å². The molecule has 0 aliphatic heterocycles. The number of amides is 1. The molecule has 0 atom stereocenters. The van der Waals surface area contributed by atoms with Crippen molar-refractivity contribution >= 4 is 50.0 Å². The van der Waals surface area contributed by atoms with Gasteiger partial charge in [0.05, 0.1) is 30.1 Å². The number of methoxy groups -OCH3 is 2. The first kappa shape index (κ1) is 27.3. The molecule has 0 bridgehead atoms. The van der Waals surface area contributed by atoms with Gasteiger partial charge in [0.25, 0.3) is 15.9 Å². The summed E-state index contributed by atoms with van der Waals surface area (Å²) in [6.07, 6.45) is 1.52. The SMILES string of the molecule is COc1cc(Nc2nc3ccccc3nc2NS(=O)(=O)c2cccc(NC(=O)c3ncccc3C)c2)cc(OC)c1. The Labute approximate surface area is 236 Å². The zero-order chi connectivity index (χ0) is 29.0. The molecular formula is C29H26N6O5S. The molecule has 2 aromatic heterocycles. The fourth-order valence-corrected chi connectivity index (χ4v) is 5.07. The molecule has 0 radical (unpaired) electrons. The Hall–Kier alpha value is -5.23. The third-order valence-electron chi connectivity index (χ3n) is 6.04. The topological polar surface area (TPSA) is 144 Å². The maximum atomic E-state index is 13.5. The van der Waals surface area contributed by atoms with E-state index in [1.165, 1.54) is 38.6 Å². The zero-order valence-corrected chi connectivity index (χ0v) is 23.2. The maximum absolute atomic E-state index is 13.5. The number of fused-ring (bicyclic) bond motifs is 1. The summed E-state index contributed by atoms with van der Waals surface area (Å²) in [7, 11) is -1.10. The molecule has 0 unspecified atom stereocenters. The Morgan fingerprint density at radius 3 is 2.12 bits per heavy atom. The third-order valence-corrected chi connectivity index (χ3v) is 7.38. The molecular weight excluding hydrogens is 544 g/mol. The average molecular weight is 571 g/mol. The van der Waals surface area contributed by atoms with Crippen molar-refractivity contribution in [3.63, 3.8) is 0 Å². The first-order chi connectivity index (χ1) is 19.8. The molecule has 5 aromatic rings. The van der Waals surface area contributed by atoms with Gasteiger partial charge in [-0.3, -0.25) is 14.5 Å². The van der Waals surface area contributed by atoms with E-state index in [-0.39, 0.29) is 27.9 Å². The number of nitrogens with zero attached hydrogens (tertiary/aromatic N) is 3. The van der Waals surface area contributed by atoms with Crippen LogP contribution >= 0.6 is 0 Å². The van der Waals surface area contributed by atoms with Crippen LogP contribution in [0.5, 0.6) is 11.5 Å². The fourth-order valence-electron chi connectivity index (χ4n) is 4.02. The minimum Gasteiger partial charge on any atom is -0.497 e. The summed E-state index contributed by atoms with van der Waals surface area (Å²) in [5.74, 6) is 0.748. The summed E-state index contributed by atoms with van der Waals surface area (Å²) in [6, 6.07) is 21.6. The number of carbonyl (C=O) groups excluding carboxylic acids is 1. The zero-order valence-electron chi connectivity index (χ0n) is 22.4. The van der Waals surface area contributed by atoms with Crippen LogP contribution in [0.3, 0.4) is 0 Å². The summed E-state index contributed by atoms with van der Waals surface area (Å²) < 4.78 is 40.3. The number of ether oxygens (including phenoxy) is 2. The second kappa shape index (κ2) is 11.5. The molecule has 3 aromatic carbocycles. The molecule has 208 valence electrons. The number of carbonyl (C=O) groups is 1. The number of pyridine rings is 1. The molecule has 3 N–H and O–H groups in total. The van der Waals surface area contributed by atoms with Gasteiger partial charge in [0.15, 0.2) is 11.6 Å². The highest BCUT2D eigenvalue weighted by Crippen LogP contribution is 2.31. The molecule has 11 nitrogen and oxygen atoms in total. The van der Waals surface area contributed by atoms with Crippen molar-refractivity contribution < 1.29 is 22.7 Å². The predicted molar refractivity (Wildman–Crippen MR) is 157 cm³/mol. The lowest BCUT2D eigenvalue weighted by Gasteiger charge is -2.15. The van der Waals surface area contributed by atoms with E-state index in [0.717, 1.165) is 0 Å². The van der Waals surface area contributed by atoms with Crippen LogP contribution in [0.15, 0.2) is 90.0 Å². The van der Waals surface area contributed by atoms with Crippen molar-refractivity contribution in [3.8, 4) is 11.5 Å². The fraction of sp³-hybridized carbons (Fsp3) is 0.103. The molecule has 0 saturated heterocycles. The van der Waals surface area contributed by atoms with Gasteiger partial charge in [0.2, 0.25) is 0 Å². The first-order valence-corrected chi connectivity index (χ1v) is 13.9. The largest absolute Gasteiger partial charge is 0.497 e. The quantitative estimate of drug-likeness (QED) is 0.219. The number of anilines is 4. The number of para-hydroxylation sites is 2. The lowest BCUT2D eigenvalue weighted by molar-refractivity contribution is 0.102. The highest BCUT2D eigenvalue weighted by Gasteiger charge is 2.21. The second-order valence-corrected chi connectivity index (χ2v) is 10.6. The third kappa shape index (κ3) is 6.17. The normalized spacial score (nSPS) is 11.1. The Bertz CT molecular complexity index is 1840. The average Bonchev–Trinajstić information content (AvgIpc) is 2.97. The minimum absolute atomic E-state index is 0.0240. The van der Waals surface area contributed by atoms with E-state index in [1.54, 1.807) is 61.5 Å². The molecule has 0 aliphatic rings. The lowest BCUT2D eigenvalue weighted by Crippen LogP contribution is -2.18. The molecule has 0 fully saturated rings. The summed E-state index contributed by atoms with van der Waals surface area (Å²) in [4.78, 5) is 25.9. The summed E-state index contributed by atoms with van der Waals surface area (Å²) in [5, 5.41) is 5.83. The smallest absolute Gasteiger partial charge is 0.274 e. The van der Waals surface area contributed by atoms with Gasteiger partial charge in [-0.2, -0.15) is 0 Å². The van der Waals surface area contributed by atoms with Crippen molar-refractivity contribution in [2.75, 3.05) is 29.6 Å². The number of aryl methyl sites for hydroxylation is 1. The Morgan fingerprint density at radius 1 is 0.780 bits per heavy atom. The first-order valence-electron chi connectivity index (χ1n) is 12.4. The van der Waals surface area contributed by atoms with Crippen molar-refractivity contribution in [1.29, 1.82) is 0 Å². The highest BCUT2D eigenvalue weighted by atomic mass is 32.2. The number of nitrogens with one attached hydrogen (secondary N) is 3. The van der Waals surface area contributed by atoms with Crippen LogP contribution in [-0.2, 0) is 10.0 Å². The molecule has 0 saturated carbocycles. The van der Waals surface area contributed by atoms with Gasteiger partial charge < -0.3 is 20.1 Å². The monoisotopic (exact) mass is 570 g/mol. The maximum Gasteiger partial charge on any atom is 0.274 e. The van der Waals surface area contributed by atoms with Gasteiger partial charge in [-0.15, -0.1) is 0 Å². The van der Waals surface area contributed by atoms with Crippen molar-refractivity contribution in [2.24, 2.45) is 0 Å². The van der Waals surface area contributed by atoms with E-state index in [0.29, 0.717) is 33.8 Å². The van der Waals surface area contributed by atoms with Gasteiger partial charge in [-0.1, -0.05) is 24.3 Å². The van der Waals surface area contributed by atoms with Gasteiger partial charge in [0.1, 0.15) is 17.2 Å².